The second-order valence-electron chi connectivity index (χ2n) is 5.22. The van der Waals surface area contributed by atoms with Gasteiger partial charge in [0.05, 0.1) is 6.54 Å². The van der Waals surface area contributed by atoms with E-state index in [4.69, 9.17) is 0 Å². The Bertz CT molecular complexity index is 470. The second kappa shape index (κ2) is 7.20. The summed E-state index contributed by atoms with van der Waals surface area (Å²) >= 11 is 3.43. The first-order valence-corrected chi connectivity index (χ1v) is 7.88. The van der Waals surface area contributed by atoms with Crippen molar-refractivity contribution in [1.29, 1.82) is 0 Å². The average Bonchev–Trinajstić information content (AvgIpc) is 2.43. The summed E-state index contributed by atoms with van der Waals surface area (Å²) in [6, 6.07) is 5.89. The van der Waals surface area contributed by atoms with Crippen molar-refractivity contribution in [3.05, 3.63) is 28.2 Å². The molecule has 2 rings (SSSR count). The van der Waals surface area contributed by atoms with Gasteiger partial charge >= 0.3 is 0 Å². The molecule has 0 bridgehead atoms. The third-order valence-corrected chi connectivity index (χ3v) is 4.24. The van der Waals surface area contributed by atoms with E-state index in [1.165, 1.54) is 0 Å². The smallest absolute Gasteiger partial charge is 0.238 e. The van der Waals surface area contributed by atoms with Crippen LogP contribution >= 0.6 is 15.9 Å². The molecule has 0 saturated carbocycles. The molecule has 1 saturated heterocycles. The molecular formula is C15H22BrN3O. The van der Waals surface area contributed by atoms with Crippen LogP contribution < -0.4 is 5.32 Å². The molecule has 0 aromatic heterocycles. The van der Waals surface area contributed by atoms with E-state index in [2.05, 4.69) is 38.0 Å². The van der Waals surface area contributed by atoms with Gasteiger partial charge < -0.3 is 10.2 Å². The van der Waals surface area contributed by atoms with Gasteiger partial charge in [0.15, 0.2) is 0 Å². The third-order valence-electron chi connectivity index (χ3n) is 3.74. The third kappa shape index (κ3) is 4.30. The zero-order valence-electron chi connectivity index (χ0n) is 12.2. The van der Waals surface area contributed by atoms with E-state index in [1.807, 2.05) is 25.1 Å². The summed E-state index contributed by atoms with van der Waals surface area (Å²) in [4.78, 5) is 16.7. The number of carbonyl (C=O) groups is 1. The topological polar surface area (TPSA) is 35.6 Å². The van der Waals surface area contributed by atoms with E-state index in [9.17, 15) is 4.79 Å². The molecule has 1 N–H and O–H groups in total. The first-order chi connectivity index (χ1) is 9.58. The van der Waals surface area contributed by atoms with E-state index >= 15 is 0 Å². The molecule has 0 aliphatic carbocycles. The fourth-order valence-corrected chi connectivity index (χ4v) is 2.90. The number of likely N-dealkylation sites (N-methyl/N-ethyl adjacent to an activating group) is 1. The minimum Gasteiger partial charge on any atom is -0.325 e. The van der Waals surface area contributed by atoms with Crippen molar-refractivity contribution in [2.75, 3.05) is 44.6 Å². The molecule has 1 heterocycles. The fourth-order valence-electron chi connectivity index (χ4n) is 2.42. The molecule has 1 aromatic carbocycles. The molecule has 1 aromatic rings. The zero-order chi connectivity index (χ0) is 14.5. The molecule has 110 valence electrons. The van der Waals surface area contributed by atoms with Gasteiger partial charge in [0.25, 0.3) is 0 Å². The van der Waals surface area contributed by atoms with Crippen LogP contribution in [0.1, 0.15) is 12.5 Å². The fraction of sp³-hybridized carbons (Fsp3) is 0.533. The van der Waals surface area contributed by atoms with Crippen molar-refractivity contribution in [1.82, 2.24) is 9.80 Å². The standard InChI is InChI=1S/C15H22BrN3O/c1-3-18-6-8-19(9-7-18)11-15(20)17-14-5-4-13(16)10-12(14)2/h4-5,10H,3,6-9,11H2,1-2H3,(H,17,20). The summed E-state index contributed by atoms with van der Waals surface area (Å²) in [5, 5.41) is 2.99. The molecule has 20 heavy (non-hydrogen) atoms. The van der Waals surface area contributed by atoms with Gasteiger partial charge in [-0.25, -0.2) is 0 Å². The minimum absolute atomic E-state index is 0.0698. The summed E-state index contributed by atoms with van der Waals surface area (Å²) in [5.41, 5.74) is 1.97. The number of rotatable bonds is 4. The van der Waals surface area contributed by atoms with Crippen LogP contribution in [0.3, 0.4) is 0 Å². The Morgan fingerprint density at radius 2 is 1.90 bits per heavy atom. The van der Waals surface area contributed by atoms with Gasteiger partial charge in [0, 0.05) is 36.3 Å². The quantitative estimate of drug-likeness (QED) is 0.914. The Morgan fingerprint density at radius 1 is 1.25 bits per heavy atom. The van der Waals surface area contributed by atoms with Crippen LogP contribution in [0.2, 0.25) is 0 Å². The van der Waals surface area contributed by atoms with Crippen LogP contribution in [0.25, 0.3) is 0 Å². The molecule has 0 spiro atoms. The van der Waals surface area contributed by atoms with E-state index in [-0.39, 0.29) is 5.91 Å². The van der Waals surface area contributed by atoms with Crippen LogP contribution in [0.15, 0.2) is 22.7 Å². The number of anilines is 1. The Balaban J connectivity index is 1.84. The highest BCUT2D eigenvalue weighted by Gasteiger charge is 2.17. The number of hydrogen-bond acceptors (Lipinski definition) is 3. The monoisotopic (exact) mass is 339 g/mol. The number of nitrogens with one attached hydrogen (secondary N) is 1. The number of benzene rings is 1. The van der Waals surface area contributed by atoms with Crippen LogP contribution in [0.5, 0.6) is 0 Å². The molecule has 4 nitrogen and oxygen atoms in total. The SMILES string of the molecule is CCN1CCN(CC(=O)Nc2ccc(Br)cc2C)CC1. The number of nitrogens with zero attached hydrogens (tertiary/aromatic N) is 2. The molecule has 1 aliphatic rings. The highest BCUT2D eigenvalue weighted by molar-refractivity contribution is 9.10. The summed E-state index contributed by atoms with van der Waals surface area (Å²) in [6.07, 6.45) is 0. The number of hydrogen-bond donors (Lipinski definition) is 1. The first-order valence-electron chi connectivity index (χ1n) is 7.09. The molecule has 1 fully saturated rings. The largest absolute Gasteiger partial charge is 0.325 e. The number of piperazine rings is 1. The maximum atomic E-state index is 12.1. The van der Waals surface area contributed by atoms with Crippen molar-refractivity contribution in [2.24, 2.45) is 0 Å². The predicted molar refractivity (Wildman–Crippen MR) is 86.1 cm³/mol. The van der Waals surface area contributed by atoms with Crippen molar-refractivity contribution in [3.8, 4) is 0 Å². The second-order valence-corrected chi connectivity index (χ2v) is 6.13. The average molecular weight is 340 g/mol. The van der Waals surface area contributed by atoms with Crippen molar-refractivity contribution in [2.45, 2.75) is 13.8 Å². The van der Waals surface area contributed by atoms with Crippen molar-refractivity contribution < 1.29 is 4.79 Å². The lowest BCUT2D eigenvalue weighted by Crippen LogP contribution is -2.48. The lowest BCUT2D eigenvalue weighted by atomic mass is 10.2. The zero-order valence-corrected chi connectivity index (χ0v) is 13.7. The lowest BCUT2D eigenvalue weighted by molar-refractivity contribution is -0.117. The van der Waals surface area contributed by atoms with Gasteiger partial charge in [-0.05, 0) is 37.2 Å². The van der Waals surface area contributed by atoms with Crippen molar-refractivity contribution >= 4 is 27.5 Å². The van der Waals surface area contributed by atoms with E-state index in [1.54, 1.807) is 0 Å². The maximum Gasteiger partial charge on any atom is 0.238 e. The lowest BCUT2D eigenvalue weighted by Gasteiger charge is -2.33. The molecule has 1 aliphatic heterocycles. The van der Waals surface area contributed by atoms with Gasteiger partial charge in [-0.3, -0.25) is 9.69 Å². The Hall–Kier alpha value is -0.910. The summed E-state index contributed by atoms with van der Waals surface area (Å²) < 4.78 is 1.03. The van der Waals surface area contributed by atoms with Crippen LogP contribution in [-0.4, -0.2) is 55.0 Å². The van der Waals surface area contributed by atoms with Gasteiger partial charge in [0.1, 0.15) is 0 Å². The van der Waals surface area contributed by atoms with Gasteiger partial charge in [-0.2, -0.15) is 0 Å². The molecule has 0 atom stereocenters. The van der Waals surface area contributed by atoms with Crippen LogP contribution in [0.4, 0.5) is 5.69 Å². The first kappa shape index (κ1) is 15.5. The van der Waals surface area contributed by atoms with Gasteiger partial charge in [0.2, 0.25) is 5.91 Å². The van der Waals surface area contributed by atoms with E-state index in [0.29, 0.717) is 6.54 Å². The van der Waals surface area contributed by atoms with E-state index < -0.39 is 0 Å². The van der Waals surface area contributed by atoms with Crippen LogP contribution in [-0.2, 0) is 4.79 Å². The highest BCUT2D eigenvalue weighted by atomic mass is 79.9. The molecule has 0 radical (unpaired) electrons. The summed E-state index contributed by atoms with van der Waals surface area (Å²) in [7, 11) is 0. The normalized spacial score (nSPS) is 17.1. The summed E-state index contributed by atoms with van der Waals surface area (Å²) in [6.45, 7) is 9.81. The molecule has 5 heteroatoms. The number of halogens is 1. The predicted octanol–water partition coefficient (Wildman–Crippen LogP) is 2.33. The number of carbonyl (C=O) groups excluding carboxylic acids is 1. The molecule has 1 amide bonds. The maximum absolute atomic E-state index is 12.1. The molecule has 0 unspecified atom stereocenters. The highest BCUT2D eigenvalue weighted by Crippen LogP contribution is 2.19. The molecular weight excluding hydrogens is 318 g/mol. The number of aryl methyl sites for hydroxylation is 1. The number of amides is 1. The Kier molecular flexibility index (Phi) is 5.57. The van der Waals surface area contributed by atoms with Crippen LogP contribution in [0, 0.1) is 6.92 Å². The van der Waals surface area contributed by atoms with Gasteiger partial charge in [-0.1, -0.05) is 22.9 Å². The van der Waals surface area contributed by atoms with Crippen molar-refractivity contribution in [3.63, 3.8) is 0 Å². The van der Waals surface area contributed by atoms with E-state index in [0.717, 1.165) is 48.4 Å². The minimum atomic E-state index is 0.0698. The Morgan fingerprint density at radius 3 is 2.50 bits per heavy atom. The Labute approximate surface area is 129 Å². The van der Waals surface area contributed by atoms with Gasteiger partial charge in [-0.15, -0.1) is 0 Å². The summed E-state index contributed by atoms with van der Waals surface area (Å²) in [5.74, 6) is 0.0698.